The number of nitrogens with one attached hydrogen (secondary N) is 1. The number of aromatic amines is 1. The van der Waals surface area contributed by atoms with Gasteiger partial charge < -0.3 is 10.1 Å². The molecule has 3 aromatic rings. The van der Waals surface area contributed by atoms with Crippen LogP contribution in [0.3, 0.4) is 0 Å². The van der Waals surface area contributed by atoms with Crippen molar-refractivity contribution >= 4 is 10.9 Å². The van der Waals surface area contributed by atoms with Gasteiger partial charge in [-0.25, -0.2) is 4.98 Å². The van der Waals surface area contributed by atoms with E-state index in [0.29, 0.717) is 0 Å². The van der Waals surface area contributed by atoms with E-state index >= 15 is 0 Å². The highest BCUT2D eigenvalue weighted by Crippen LogP contribution is 2.26. The van der Waals surface area contributed by atoms with Gasteiger partial charge in [-0.3, -0.25) is 0 Å². The lowest BCUT2D eigenvalue weighted by Gasteiger charge is -1.95. The lowest BCUT2D eigenvalue weighted by molar-refractivity contribution is 0.476. The van der Waals surface area contributed by atoms with Crippen LogP contribution in [0, 0.1) is 5.95 Å². The summed E-state index contributed by atoms with van der Waals surface area (Å²) in [5.41, 5.74) is 2.57. The first-order chi connectivity index (χ1) is 8.22. The minimum absolute atomic E-state index is 0.222. The van der Waals surface area contributed by atoms with Crippen LogP contribution in [0.25, 0.3) is 22.2 Å². The Labute approximate surface area is 96.6 Å². The molecule has 0 spiro atoms. The molecule has 2 N–H and O–H groups in total. The molecule has 84 valence electrons. The smallest absolute Gasteiger partial charge is 0.212 e. The second-order valence-corrected chi connectivity index (χ2v) is 3.82. The fourth-order valence-corrected chi connectivity index (χ4v) is 1.81. The summed E-state index contributed by atoms with van der Waals surface area (Å²) < 4.78 is 12.7. The zero-order valence-electron chi connectivity index (χ0n) is 8.81. The van der Waals surface area contributed by atoms with Crippen LogP contribution in [-0.4, -0.2) is 15.1 Å². The van der Waals surface area contributed by atoms with Gasteiger partial charge in [-0.15, -0.1) is 0 Å². The minimum atomic E-state index is -0.498. The summed E-state index contributed by atoms with van der Waals surface area (Å²) in [5, 5.41) is 10.3. The zero-order chi connectivity index (χ0) is 11.8. The molecule has 3 rings (SSSR count). The predicted molar refractivity (Wildman–Crippen MR) is 63.2 cm³/mol. The lowest BCUT2D eigenvalue weighted by Crippen LogP contribution is -1.83. The number of hydrogen-bond acceptors (Lipinski definition) is 2. The van der Waals surface area contributed by atoms with Gasteiger partial charge in [-0.05, 0) is 36.4 Å². The molecule has 0 radical (unpaired) electrons. The average molecular weight is 228 g/mol. The first-order valence-corrected chi connectivity index (χ1v) is 5.16. The van der Waals surface area contributed by atoms with E-state index in [-0.39, 0.29) is 5.75 Å². The van der Waals surface area contributed by atoms with Crippen molar-refractivity contribution in [2.45, 2.75) is 0 Å². The third kappa shape index (κ3) is 1.73. The van der Waals surface area contributed by atoms with Gasteiger partial charge in [0.1, 0.15) is 5.75 Å². The normalized spacial score (nSPS) is 10.9. The number of aromatic hydroxyl groups is 1. The number of fused-ring (bicyclic) bond motifs is 1. The van der Waals surface area contributed by atoms with Crippen LogP contribution in [0.4, 0.5) is 4.39 Å². The Balaban J connectivity index is 2.14. The summed E-state index contributed by atoms with van der Waals surface area (Å²) in [6.07, 6.45) is 1.47. The van der Waals surface area contributed by atoms with Crippen molar-refractivity contribution < 1.29 is 9.50 Å². The molecular weight excluding hydrogens is 219 g/mol. The molecule has 2 aromatic heterocycles. The molecule has 0 atom stereocenters. The maximum atomic E-state index is 12.7. The molecule has 0 unspecified atom stereocenters. The summed E-state index contributed by atoms with van der Waals surface area (Å²) in [6.45, 7) is 0. The van der Waals surface area contributed by atoms with Crippen molar-refractivity contribution in [3.63, 3.8) is 0 Å². The number of halogens is 1. The Bertz CT molecular complexity index is 673. The number of nitrogens with zero attached hydrogens (tertiary/aromatic N) is 1. The van der Waals surface area contributed by atoms with Crippen LogP contribution < -0.4 is 0 Å². The quantitative estimate of drug-likeness (QED) is 0.629. The fourth-order valence-electron chi connectivity index (χ4n) is 1.81. The summed E-state index contributed by atoms with van der Waals surface area (Å²) in [6, 6.07) is 9.96. The van der Waals surface area contributed by atoms with Crippen LogP contribution in [0.2, 0.25) is 0 Å². The minimum Gasteiger partial charge on any atom is -0.508 e. The molecule has 4 heteroatoms. The van der Waals surface area contributed by atoms with E-state index in [1.807, 2.05) is 6.07 Å². The lowest BCUT2D eigenvalue weighted by atomic mass is 10.2. The number of hydrogen-bond donors (Lipinski definition) is 2. The average Bonchev–Trinajstić information content (AvgIpc) is 2.72. The number of benzene rings is 1. The summed E-state index contributed by atoms with van der Waals surface area (Å²) in [7, 11) is 0. The molecular formula is C13H9FN2O. The van der Waals surface area contributed by atoms with Gasteiger partial charge in [0.05, 0.1) is 0 Å². The van der Waals surface area contributed by atoms with E-state index in [0.717, 1.165) is 22.2 Å². The highest BCUT2D eigenvalue weighted by molar-refractivity contribution is 5.86. The molecule has 17 heavy (non-hydrogen) atoms. The number of H-pyrrole nitrogens is 1. The molecule has 0 aliphatic carbocycles. The van der Waals surface area contributed by atoms with E-state index in [4.69, 9.17) is 0 Å². The Morgan fingerprint density at radius 3 is 2.76 bits per heavy atom. The highest BCUT2D eigenvalue weighted by Gasteiger charge is 2.04. The zero-order valence-corrected chi connectivity index (χ0v) is 8.81. The molecule has 0 aliphatic rings. The second-order valence-electron chi connectivity index (χ2n) is 3.82. The van der Waals surface area contributed by atoms with Crippen LogP contribution in [0.15, 0.2) is 42.6 Å². The largest absolute Gasteiger partial charge is 0.508 e. The SMILES string of the molecule is Oc1ccc2[nH]c(-c3ccc(F)nc3)cc2c1. The van der Waals surface area contributed by atoms with E-state index < -0.39 is 5.95 Å². The summed E-state index contributed by atoms with van der Waals surface area (Å²) >= 11 is 0. The van der Waals surface area contributed by atoms with E-state index in [1.165, 1.54) is 12.3 Å². The Morgan fingerprint density at radius 2 is 2.00 bits per heavy atom. The van der Waals surface area contributed by atoms with Crippen molar-refractivity contribution in [3.8, 4) is 17.0 Å². The van der Waals surface area contributed by atoms with Gasteiger partial charge in [0.25, 0.3) is 0 Å². The van der Waals surface area contributed by atoms with E-state index in [2.05, 4.69) is 9.97 Å². The van der Waals surface area contributed by atoms with Crippen LogP contribution >= 0.6 is 0 Å². The first kappa shape index (κ1) is 9.84. The van der Waals surface area contributed by atoms with Crippen molar-refractivity contribution in [1.82, 2.24) is 9.97 Å². The first-order valence-electron chi connectivity index (χ1n) is 5.16. The number of phenolic OH excluding ortho intramolecular Hbond substituents is 1. The third-order valence-corrected chi connectivity index (χ3v) is 2.64. The van der Waals surface area contributed by atoms with Crippen LogP contribution in [0.1, 0.15) is 0 Å². The predicted octanol–water partition coefficient (Wildman–Crippen LogP) is 3.07. The van der Waals surface area contributed by atoms with Gasteiger partial charge in [-0.2, -0.15) is 4.39 Å². The highest BCUT2D eigenvalue weighted by atomic mass is 19.1. The fraction of sp³-hybridized carbons (Fsp3) is 0. The molecule has 0 fully saturated rings. The Kier molecular flexibility index (Phi) is 2.08. The third-order valence-electron chi connectivity index (χ3n) is 2.64. The molecule has 0 bridgehead atoms. The van der Waals surface area contributed by atoms with Crippen molar-refractivity contribution in [2.75, 3.05) is 0 Å². The molecule has 1 aromatic carbocycles. The van der Waals surface area contributed by atoms with Gasteiger partial charge in [0.15, 0.2) is 0 Å². The van der Waals surface area contributed by atoms with E-state index in [1.54, 1.807) is 24.3 Å². The van der Waals surface area contributed by atoms with Gasteiger partial charge in [0, 0.05) is 28.4 Å². The van der Waals surface area contributed by atoms with E-state index in [9.17, 15) is 9.50 Å². The van der Waals surface area contributed by atoms with Gasteiger partial charge >= 0.3 is 0 Å². The molecule has 3 nitrogen and oxygen atoms in total. The van der Waals surface area contributed by atoms with Gasteiger partial charge in [-0.1, -0.05) is 0 Å². The summed E-state index contributed by atoms with van der Waals surface area (Å²) in [4.78, 5) is 6.79. The van der Waals surface area contributed by atoms with Gasteiger partial charge in [0.2, 0.25) is 5.95 Å². The van der Waals surface area contributed by atoms with Crippen molar-refractivity contribution in [1.29, 1.82) is 0 Å². The van der Waals surface area contributed by atoms with Crippen LogP contribution in [0.5, 0.6) is 5.75 Å². The molecule has 0 aliphatic heterocycles. The topological polar surface area (TPSA) is 48.9 Å². The number of aromatic nitrogens is 2. The number of phenols is 1. The van der Waals surface area contributed by atoms with Crippen molar-refractivity contribution in [3.05, 3.63) is 48.5 Å². The molecule has 0 amide bonds. The molecule has 0 saturated heterocycles. The maximum Gasteiger partial charge on any atom is 0.212 e. The maximum absolute atomic E-state index is 12.7. The Morgan fingerprint density at radius 1 is 1.12 bits per heavy atom. The standard InChI is InChI=1S/C13H9FN2O/c14-13-4-1-8(7-15-13)12-6-9-5-10(17)2-3-11(9)16-12/h1-7,16-17H. The number of pyridine rings is 1. The van der Waals surface area contributed by atoms with Crippen LogP contribution in [-0.2, 0) is 0 Å². The second kappa shape index (κ2) is 3.59. The Hall–Kier alpha value is -2.36. The van der Waals surface area contributed by atoms with Crippen molar-refractivity contribution in [2.24, 2.45) is 0 Å². The monoisotopic (exact) mass is 228 g/mol. The summed E-state index contributed by atoms with van der Waals surface area (Å²) in [5.74, 6) is -0.275. The molecule has 0 saturated carbocycles. The number of rotatable bonds is 1. The molecule has 2 heterocycles.